The Hall–Kier alpha value is -0.490. The van der Waals surface area contributed by atoms with Crippen LogP contribution in [0.3, 0.4) is 0 Å². The standard InChI is InChI=1S/C16H22ClF3N2.ClH/c1-11(2)9-15(22-7-5-21-6-8-22)12-3-4-14(17)13(10-12)16(18,19)20;/h3-4,10-11,15,21H,5-9H2,1-2H3;1H/t15-;/m1./s1. The molecule has 7 heteroatoms. The molecule has 1 N–H and O–H groups in total. The van der Waals surface area contributed by atoms with Gasteiger partial charge in [-0.2, -0.15) is 13.2 Å². The van der Waals surface area contributed by atoms with Crippen LogP contribution in [0.15, 0.2) is 18.2 Å². The number of halogens is 5. The molecule has 0 radical (unpaired) electrons. The summed E-state index contributed by atoms with van der Waals surface area (Å²) >= 11 is 5.73. The van der Waals surface area contributed by atoms with E-state index in [4.69, 9.17) is 11.6 Å². The Morgan fingerprint density at radius 1 is 1.22 bits per heavy atom. The molecule has 2 nitrogen and oxygen atoms in total. The molecule has 2 rings (SSSR count). The fraction of sp³-hybridized carbons (Fsp3) is 0.625. The highest BCUT2D eigenvalue weighted by Gasteiger charge is 2.34. The maximum absolute atomic E-state index is 13.1. The van der Waals surface area contributed by atoms with Crippen molar-refractivity contribution in [2.75, 3.05) is 26.2 Å². The minimum Gasteiger partial charge on any atom is -0.314 e. The Bertz CT molecular complexity index is 501. The van der Waals surface area contributed by atoms with Gasteiger partial charge < -0.3 is 5.32 Å². The highest BCUT2D eigenvalue weighted by Crippen LogP contribution is 2.38. The second-order valence-corrected chi connectivity index (χ2v) is 6.58. The fourth-order valence-corrected chi connectivity index (χ4v) is 3.13. The smallest absolute Gasteiger partial charge is 0.314 e. The molecule has 1 aliphatic rings. The van der Waals surface area contributed by atoms with E-state index in [9.17, 15) is 13.2 Å². The lowest BCUT2D eigenvalue weighted by molar-refractivity contribution is -0.137. The van der Waals surface area contributed by atoms with Gasteiger partial charge in [0.1, 0.15) is 0 Å². The quantitative estimate of drug-likeness (QED) is 0.820. The van der Waals surface area contributed by atoms with Gasteiger partial charge in [0.15, 0.2) is 0 Å². The van der Waals surface area contributed by atoms with E-state index in [0.29, 0.717) is 11.5 Å². The molecule has 1 heterocycles. The van der Waals surface area contributed by atoms with Crippen LogP contribution in [0.2, 0.25) is 5.02 Å². The van der Waals surface area contributed by atoms with E-state index in [-0.39, 0.29) is 23.5 Å². The van der Waals surface area contributed by atoms with Gasteiger partial charge in [0.05, 0.1) is 10.6 Å². The van der Waals surface area contributed by atoms with E-state index in [1.807, 2.05) is 0 Å². The highest BCUT2D eigenvalue weighted by molar-refractivity contribution is 6.31. The molecule has 132 valence electrons. The van der Waals surface area contributed by atoms with E-state index in [1.54, 1.807) is 6.07 Å². The Labute approximate surface area is 146 Å². The summed E-state index contributed by atoms with van der Waals surface area (Å²) in [5.41, 5.74) is -0.0390. The molecule has 1 aromatic rings. The number of nitrogens with one attached hydrogen (secondary N) is 1. The molecule has 1 fully saturated rings. The highest BCUT2D eigenvalue weighted by atomic mass is 35.5. The third-order valence-electron chi connectivity index (χ3n) is 3.97. The van der Waals surface area contributed by atoms with Gasteiger partial charge in [0, 0.05) is 32.2 Å². The third-order valence-corrected chi connectivity index (χ3v) is 4.30. The molecule has 23 heavy (non-hydrogen) atoms. The van der Waals surface area contributed by atoms with Crippen LogP contribution >= 0.6 is 24.0 Å². The van der Waals surface area contributed by atoms with Crippen LogP contribution in [0.1, 0.15) is 37.4 Å². The maximum Gasteiger partial charge on any atom is 0.417 e. The Morgan fingerprint density at radius 2 is 1.83 bits per heavy atom. The molecule has 0 aliphatic carbocycles. The van der Waals surface area contributed by atoms with Crippen molar-refractivity contribution in [3.05, 3.63) is 34.3 Å². The maximum atomic E-state index is 13.1. The first-order chi connectivity index (χ1) is 10.3. The number of rotatable bonds is 4. The molecule has 1 aromatic carbocycles. The van der Waals surface area contributed by atoms with Gasteiger partial charge in [-0.1, -0.05) is 31.5 Å². The minimum atomic E-state index is -4.42. The van der Waals surface area contributed by atoms with Crippen LogP contribution in [0.4, 0.5) is 13.2 Å². The number of benzene rings is 1. The van der Waals surface area contributed by atoms with Crippen LogP contribution in [-0.2, 0) is 6.18 Å². The summed E-state index contributed by atoms with van der Waals surface area (Å²) in [6.45, 7) is 7.62. The zero-order valence-electron chi connectivity index (χ0n) is 13.3. The van der Waals surface area contributed by atoms with Gasteiger partial charge in [-0.25, -0.2) is 0 Å². The Kier molecular flexibility index (Phi) is 7.65. The second kappa shape index (κ2) is 8.56. The lowest BCUT2D eigenvalue weighted by Gasteiger charge is -2.36. The molecule has 0 spiro atoms. The van der Waals surface area contributed by atoms with Gasteiger partial charge in [-0.15, -0.1) is 12.4 Å². The zero-order chi connectivity index (χ0) is 16.3. The van der Waals surface area contributed by atoms with Crippen LogP contribution in [0, 0.1) is 5.92 Å². The van der Waals surface area contributed by atoms with Crippen molar-refractivity contribution in [1.82, 2.24) is 10.2 Å². The van der Waals surface area contributed by atoms with Crippen molar-refractivity contribution in [2.24, 2.45) is 5.92 Å². The minimum absolute atomic E-state index is 0. The van der Waals surface area contributed by atoms with Crippen molar-refractivity contribution in [2.45, 2.75) is 32.5 Å². The van der Waals surface area contributed by atoms with Crippen molar-refractivity contribution < 1.29 is 13.2 Å². The van der Waals surface area contributed by atoms with Crippen LogP contribution in [0.5, 0.6) is 0 Å². The number of nitrogens with zero attached hydrogens (tertiary/aromatic N) is 1. The summed E-state index contributed by atoms with van der Waals surface area (Å²) in [5, 5.41) is 3.04. The number of alkyl halides is 3. The zero-order valence-corrected chi connectivity index (χ0v) is 14.9. The van der Waals surface area contributed by atoms with E-state index in [0.717, 1.165) is 32.6 Å². The molecule has 1 saturated heterocycles. The van der Waals surface area contributed by atoms with Gasteiger partial charge in [-0.05, 0) is 30.0 Å². The van der Waals surface area contributed by atoms with Crippen molar-refractivity contribution in [3.8, 4) is 0 Å². The van der Waals surface area contributed by atoms with Gasteiger partial charge >= 0.3 is 6.18 Å². The average Bonchev–Trinajstić information content (AvgIpc) is 2.45. The van der Waals surface area contributed by atoms with Crippen molar-refractivity contribution >= 4 is 24.0 Å². The summed E-state index contributed by atoms with van der Waals surface area (Å²) in [4.78, 5) is 2.26. The number of hydrogen-bond donors (Lipinski definition) is 1. The molecule has 0 unspecified atom stereocenters. The monoisotopic (exact) mass is 370 g/mol. The molecule has 1 atom stereocenters. The lowest BCUT2D eigenvalue weighted by atomic mass is 9.93. The lowest BCUT2D eigenvalue weighted by Crippen LogP contribution is -2.45. The van der Waals surface area contributed by atoms with E-state index >= 15 is 0 Å². The summed E-state index contributed by atoms with van der Waals surface area (Å²) in [5.74, 6) is 0.407. The molecule has 0 aromatic heterocycles. The van der Waals surface area contributed by atoms with E-state index in [1.165, 1.54) is 12.1 Å². The van der Waals surface area contributed by atoms with Crippen LogP contribution in [0.25, 0.3) is 0 Å². The topological polar surface area (TPSA) is 15.3 Å². The molecule has 0 amide bonds. The molecular weight excluding hydrogens is 348 g/mol. The average molecular weight is 371 g/mol. The predicted octanol–water partition coefficient (Wildman–Crippen LogP) is 4.77. The first-order valence-electron chi connectivity index (χ1n) is 7.60. The van der Waals surface area contributed by atoms with Crippen molar-refractivity contribution in [1.29, 1.82) is 0 Å². The second-order valence-electron chi connectivity index (χ2n) is 6.17. The summed E-state index contributed by atoms with van der Waals surface area (Å²) in [6, 6.07) is 4.32. The summed E-state index contributed by atoms with van der Waals surface area (Å²) in [6.07, 6.45) is -3.59. The van der Waals surface area contributed by atoms with E-state index < -0.39 is 11.7 Å². The van der Waals surface area contributed by atoms with Gasteiger partial charge in [0.25, 0.3) is 0 Å². The van der Waals surface area contributed by atoms with Gasteiger partial charge in [0.2, 0.25) is 0 Å². The largest absolute Gasteiger partial charge is 0.417 e. The predicted molar refractivity (Wildman–Crippen MR) is 90.3 cm³/mol. The summed E-state index contributed by atoms with van der Waals surface area (Å²) in [7, 11) is 0. The summed E-state index contributed by atoms with van der Waals surface area (Å²) < 4.78 is 39.3. The van der Waals surface area contributed by atoms with Crippen LogP contribution in [-0.4, -0.2) is 31.1 Å². The Balaban J connectivity index is 0.00000264. The molecule has 1 aliphatic heterocycles. The van der Waals surface area contributed by atoms with E-state index in [2.05, 4.69) is 24.1 Å². The van der Waals surface area contributed by atoms with Crippen LogP contribution < -0.4 is 5.32 Å². The fourth-order valence-electron chi connectivity index (χ4n) is 2.90. The first-order valence-corrected chi connectivity index (χ1v) is 7.98. The first kappa shape index (κ1) is 20.6. The van der Waals surface area contributed by atoms with Gasteiger partial charge in [-0.3, -0.25) is 4.90 Å². The number of piperazine rings is 1. The molecule has 0 bridgehead atoms. The molecular formula is C16H23Cl2F3N2. The number of hydrogen-bond acceptors (Lipinski definition) is 2. The SMILES string of the molecule is CC(C)C[C@H](c1ccc(Cl)c(C(F)(F)F)c1)N1CCNCC1.Cl. The third kappa shape index (κ3) is 5.52. The Morgan fingerprint density at radius 3 is 2.35 bits per heavy atom. The molecule has 0 saturated carbocycles. The van der Waals surface area contributed by atoms with Crippen molar-refractivity contribution in [3.63, 3.8) is 0 Å². The normalized spacial score (nSPS) is 17.9.